The van der Waals surface area contributed by atoms with Gasteiger partial charge in [0.25, 0.3) is 5.56 Å². The summed E-state index contributed by atoms with van der Waals surface area (Å²) >= 11 is 0. The van der Waals surface area contributed by atoms with Crippen LogP contribution in [0, 0.1) is 5.92 Å². The zero-order valence-corrected chi connectivity index (χ0v) is 18.2. The first-order chi connectivity index (χ1) is 15.4. The monoisotopic (exact) mass is 428 g/mol. The highest BCUT2D eigenvalue weighted by atomic mass is 16.2. The number of fused-ring (bicyclic) bond motifs is 8. The van der Waals surface area contributed by atoms with Crippen LogP contribution in [0.5, 0.6) is 0 Å². The molecule has 0 unspecified atom stereocenters. The van der Waals surface area contributed by atoms with Crippen LogP contribution in [0.4, 0.5) is 5.69 Å². The summed E-state index contributed by atoms with van der Waals surface area (Å²) < 4.78 is 1.63. The van der Waals surface area contributed by atoms with E-state index < -0.39 is 6.04 Å². The zero-order valence-electron chi connectivity index (χ0n) is 18.2. The van der Waals surface area contributed by atoms with Gasteiger partial charge in [0.05, 0.1) is 16.9 Å². The van der Waals surface area contributed by atoms with Crippen molar-refractivity contribution in [2.45, 2.75) is 51.4 Å². The Morgan fingerprint density at radius 1 is 1.06 bits per heavy atom. The molecule has 7 nitrogen and oxygen atoms in total. The quantitative estimate of drug-likeness (QED) is 0.596. The van der Waals surface area contributed by atoms with Crippen LogP contribution >= 0.6 is 0 Å². The first-order valence-corrected chi connectivity index (χ1v) is 11.1. The topological polar surface area (TPSA) is 75.5 Å². The van der Waals surface area contributed by atoms with Crippen LogP contribution in [-0.2, 0) is 9.59 Å². The van der Waals surface area contributed by atoms with E-state index in [1.165, 1.54) is 0 Å². The molecule has 0 radical (unpaired) electrons. The smallest absolute Gasteiger partial charge is 0.262 e. The standard InChI is InChI=1S/C25H24N4O3/c1-13(2)21-25(32)28-20(22-26-18-10-6-4-9-16(18)24(31)29(21)22)12-17-15-8-5-7-11-19(15)27(14(3)30)23(17)28/h4-11,13,17,20-21,23H,12H2,1-3H3/t17-,20+,21-,23-/m0/s1. The number of anilines is 1. The molecule has 3 aliphatic rings. The molecule has 32 heavy (non-hydrogen) atoms. The molecule has 1 saturated heterocycles. The van der Waals surface area contributed by atoms with Gasteiger partial charge in [-0.05, 0) is 36.1 Å². The van der Waals surface area contributed by atoms with Gasteiger partial charge < -0.3 is 4.90 Å². The fraction of sp³-hybridized carbons (Fsp3) is 0.360. The second-order valence-electron chi connectivity index (χ2n) is 9.32. The van der Waals surface area contributed by atoms with Crippen LogP contribution in [0.2, 0.25) is 0 Å². The highest BCUT2D eigenvalue weighted by molar-refractivity contribution is 5.97. The maximum absolute atomic E-state index is 14.0. The van der Waals surface area contributed by atoms with E-state index in [-0.39, 0.29) is 41.4 Å². The zero-order chi connectivity index (χ0) is 22.3. The number of amides is 2. The third-order valence-electron chi connectivity index (χ3n) is 7.21. The van der Waals surface area contributed by atoms with Crippen molar-refractivity contribution in [1.29, 1.82) is 0 Å². The minimum Gasteiger partial charge on any atom is -0.309 e. The summed E-state index contributed by atoms with van der Waals surface area (Å²) in [5, 5.41) is 0.525. The van der Waals surface area contributed by atoms with Crippen molar-refractivity contribution in [3.8, 4) is 0 Å². The SMILES string of the molecule is CC(=O)N1c2ccccc2[C@@H]2C[C@@H]3c4nc5ccccc5c(=O)n4[C@@H](C(C)C)C(=O)N3[C@@H]21. The normalized spacial score (nSPS) is 25.7. The van der Waals surface area contributed by atoms with E-state index >= 15 is 0 Å². The van der Waals surface area contributed by atoms with E-state index in [4.69, 9.17) is 4.98 Å². The van der Waals surface area contributed by atoms with Gasteiger partial charge >= 0.3 is 0 Å². The fourth-order valence-corrected chi connectivity index (χ4v) is 5.99. The van der Waals surface area contributed by atoms with Gasteiger partial charge in [-0.1, -0.05) is 44.2 Å². The summed E-state index contributed by atoms with van der Waals surface area (Å²) in [6.45, 7) is 5.45. The molecular formula is C25H24N4O3. The van der Waals surface area contributed by atoms with Crippen molar-refractivity contribution in [2.75, 3.05) is 4.90 Å². The van der Waals surface area contributed by atoms with Crippen LogP contribution in [0.15, 0.2) is 53.3 Å². The molecular weight excluding hydrogens is 404 g/mol. The van der Waals surface area contributed by atoms with Gasteiger partial charge in [-0.15, -0.1) is 0 Å². The molecule has 162 valence electrons. The number of nitrogens with zero attached hydrogens (tertiary/aromatic N) is 4. The molecule has 1 aromatic heterocycles. The van der Waals surface area contributed by atoms with Gasteiger partial charge in [-0.3, -0.25) is 23.9 Å². The molecule has 3 aromatic rings. The van der Waals surface area contributed by atoms with Crippen LogP contribution in [0.25, 0.3) is 10.9 Å². The first-order valence-electron chi connectivity index (χ1n) is 11.1. The Morgan fingerprint density at radius 3 is 2.53 bits per heavy atom. The average molecular weight is 428 g/mol. The highest BCUT2D eigenvalue weighted by Gasteiger charge is 2.58. The second kappa shape index (κ2) is 6.51. The summed E-state index contributed by atoms with van der Waals surface area (Å²) in [6.07, 6.45) is 0.244. The molecule has 2 amide bonds. The summed E-state index contributed by atoms with van der Waals surface area (Å²) in [7, 11) is 0. The lowest BCUT2D eigenvalue weighted by atomic mass is 9.95. The Kier molecular flexibility index (Phi) is 3.91. The Balaban J connectivity index is 1.61. The van der Waals surface area contributed by atoms with Gasteiger partial charge in [0.1, 0.15) is 18.0 Å². The Hall–Kier alpha value is -3.48. The van der Waals surface area contributed by atoms with Gasteiger partial charge in [-0.25, -0.2) is 4.98 Å². The van der Waals surface area contributed by atoms with Gasteiger partial charge in [-0.2, -0.15) is 0 Å². The molecule has 0 aliphatic carbocycles. The maximum Gasteiger partial charge on any atom is 0.262 e. The largest absolute Gasteiger partial charge is 0.309 e. The molecule has 0 N–H and O–H groups in total. The molecule has 1 fully saturated rings. The van der Waals surface area contributed by atoms with E-state index in [0.717, 1.165) is 11.3 Å². The summed E-state index contributed by atoms with van der Waals surface area (Å²) in [5.41, 5.74) is 2.42. The Bertz CT molecular complexity index is 1360. The molecule has 4 atom stereocenters. The molecule has 6 rings (SSSR count). The lowest BCUT2D eigenvalue weighted by molar-refractivity contribution is -0.142. The third-order valence-corrected chi connectivity index (χ3v) is 7.21. The number of benzene rings is 2. The number of carbonyl (C=O) groups is 2. The highest BCUT2D eigenvalue weighted by Crippen LogP contribution is 2.55. The summed E-state index contributed by atoms with van der Waals surface area (Å²) in [5.74, 6) is 0.322. The predicted molar refractivity (Wildman–Crippen MR) is 120 cm³/mol. The van der Waals surface area contributed by atoms with Gasteiger partial charge in [0.2, 0.25) is 11.8 Å². The third kappa shape index (κ3) is 2.31. The Labute approximate surface area is 185 Å². The van der Waals surface area contributed by atoms with E-state index in [9.17, 15) is 14.4 Å². The van der Waals surface area contributed by atoms with Crippen LogP contribution in [-0.4, -0.2) is 32.4 Å². The molecule has 2 aromatic carbocycles. The number of carbonyl (C=O) groups excluding carboxylic acids is 2. The number of hydrogen-bond acceptors (Lipinski definition) is 4. The number of hydrogen-bond donors (Lipinski definition) is 0. The van der Waals surface area contributed by atoms with E-state index in [2.05, 4.69) is 0 Å². The molecule has 3 aliphatic heterocycles. The second-order valence-corrected chi connectivity index (χ2v) is 9.32. The van der Waals surface area contributed by atoms with Crippen LogP contribution in [0.1, 0.15) is 56.6 Å². The fourth-order valence-electron chi connectivity index (χ4n) is 5.99. The van der Waals surface area contributed by atoms with Gasteiger partial charge in [0.15, 0.2) is 0 Å². The van der Waals surface area contributed by atoms with Crippen LogP contribution in [0.3, 0.4) is 0 Å². The minimum atomic E-state index is -0.651. The Morgan fingerprint density at radius 2 is 1.78 bits per heavy atom. The van der Waals surface area contributed by atoms with Crippen molar-refractivity contribution >= 4 is 28.4 Å². The number of rotatable bonds is 1. The number of para-hydroxylation sites is 2. The van der Waals surface area contributed by atoms with Crippen molar-refractivity contribution in [3.05, 3.63) is 70.3 Å². The maximum atomic E-state index is 14.0. The molecule has 7 heteroatoms. The first kappa shape index (κ1) is 19.2. The lowest BCUT2D eigenvalue weighted by Crippen LogP contribution is -2.56. The predicted octanol–water partition coefficient (Wildman–Crippen LogP) is 3.36. The molecule has 0 spiro atoms. The van der Waals surface area contributed by atoms with Crippen molar-refractivity contribution in [3.63, 3.8) is 0 Å². The minimum absolute atomic E-state index is 0.00761. The number of aromatic nitrogens is 2. The van der Waals surface area contributed by atoms with Gasteiger partial charge in [0, 0.05) is 18.5 Å². The molecule has 0 bridgehead atoms. The van der Waals surface area contributed by atoms with E-state index in [0.29, 0.717) is 23.1 Å². The summed E-state index contributed by atoms with van der Waals surface area (Å²) in [6, 6.07) is 14.2. The molecule has 4 heterocycles. The average Bonchev–Trinajstić information content (AvgIpc) is 3.30. The van der Waals surface area contributed by atoms with E-state index in [1.54, 1.807) is 22.5 Å². The van der Waals surface area contributed by atoms with Crippen molar-refractivity contribution < 1.29 is 9.59 Å². The lowest BCUT2D eigenvalue weighted by Gasteiger charge is -2.42. The van der Waals surface area contributed by atoms with Crippen molar-refractivity contribution in [2.24, 2.45) is 5.92 Å². The van der Waals surface area contributed by atoms with Crippen molar-refractivity contribution in [1.82, 2.24) is 14.5 Å². The van der Waals surface area contributed by atoms with Crippen LogP contribution < -0.4 is 10.5 Å². The summed E-state index contributed by atoms with van der Waals surface area (Å²) in [4.78, 5) is 48.7. The van der Waals surface area contributed by atoms with E-state index in [1.807, 2.05) is 61.2 Å². The molecule has 0 saturated carbocycles.